The molecular formula is C22H24NO6S+. The van der Waals surface area contributed by atoms with Crippen molar-refractivity contribution in [2.75, 3.05) is 24.8 Å². The molecule has 1 aromatic heterocycles. The van der Waals surface area contributed by atoms with Crippen molar-refractivity contribution < 1.29 is 32.0 Å². The van der Waals surface area contributed by atoms with Crippen molar-refractivity contribution >= 4 is 37.5 Å². The van der Waals surface area contributed by atoms with Gasteiger partial charge in [-0.1, -0.05) is 24.3 Å². The molecule has 2 atom stereocenters. The molecule has 8 heteroatoms. The number of esters is 1. The van der Waals surface area contributed by atoms with Crippen LogP contribution in [0.1, 0.15) is 35.0 Å². The van der Waals surface area contributed by atoms with Gasteiger partial charge in [0, 0.05) is 22.6 Å². The van der Waals surface area contributed by atoms with E-state index in [-0.39, 0.29) is 24.2 Å². The summed E-state index contributed by atoms with van der Waals surface area (Å²) in [5.74, 6) is 1.24. The summed E-state index contributed by atoms with van der Waals surface area (Å²) in [6.07, 6.45) is 0.627. The van der Waals surface area contributed by atoms with E-state index >= 15 is 0 Å². The molecular weight excluding hydrogens is 406 g/mol. The van der Waals surface area contributed by atoms with E-state index in [0.29, 0.717) is 36.6 Å². The molecule has 2 aliphatic heterocycles. The number of hydrogen-bond acceptors (Lipinski definition) is 6. The average Bonchev–Trinajstić information content (AvgIpc) is 3.27. The van der Waals surface area contributed by atoms with Crippen molar-refractivity contribution in [2.24, 2.45) is 0 Å². The highest BCUT2D eigenvalue weighted by molar-refractivity contribution is 7.91. The van der Waals surface area contributed by atoms with Crippen LogP contribution in [0.4, 0.5) is 0 Å². The van der Waals surface area contributed by atoms with E-state index in [9.17, 15) is 13.2 Å². The molecule has 5 rings (SSSR count). The van der Waals surface area contributed by atoms with Crippen molar-refractivity contribution in [2.45, 2.75) is 32.9 Å². The topological polar surface area (TPSA) is 87.2 Å². The fraction of sp³-hybridized carbons (Fsp3) is 0.409. The van der Waals surface area contributed by atoms with Crippen molar-refractivity contribution in [1.82, 2.24) is 0 Å². The molecule has 0 bridgehead atoms. The Morgan fingerprint density at radius 3 is 2.73 bits per heavy atom. The maximum atomic E-state index is 12.8. The minimum Gasteiger partial charge on any atom is -0.462 e. The second-order valence-electron chi connectivity index (χ2n) is 8.03. The first-order valence-electron chi connectivity index (χ1n) is 10.2. The van der Waals surface area contributed by atoms with Gasteiger partial charge in [0.15, 0.2) is 9.84 Å². The highest BCUT2D eigenvalue weighted by Crippen LogP contribution is 2.42. The second kappa shape index (κ2) is 6.99. The molecule has 158 valence electrons. The third kappa shape index (κ3) is 2.97. The van der Waals surface area contributed by atoms with Crippen LogP contribution in [0.15, 0.2) is 28.7 Å². The third-order valence-corrected chi connectivity index (χ3v) is 7.94. The number of furan rings is 1. The molecule has 1 N–H and O–H groups in total. The predicted molar refractivity (Wildman–Crippen MR) is 112 cm³/mol. The SMILES string of the molecule is CCOC(=O)c1c(C)oc2c1c1c(c3ccccc32)OC[NH+](C2CCS(=O)(=O)C2)C1. The Balaban J connectivity index is 1.72. The van der Waals surface area contributed by atoms with Gasteiger partial charge < -0.3 is 13.9 Å². The molecule has 3 aromatic rings. The van der Waals surface area contributed by atoms with Gasteiger partial charge in [-0.2, -0.15) is 0 Å². The Morgan fingerprint density at radius 1 is 1.27 bits per heavy atom. The van der Waals surface area contributed by atoms with Gasteiger partial charge in [0.05, 0.1) is 17.9 Å². The summed E-state index contributed by atoms with van der Waals surface area (Å²) in [6.45, 7) is 4.78. The minimum absolute atomic E-state index is 0.0105. The fourth-order valence-corrected chi connectivity index (χ4v) is 6.61. The normalized spacial score (nSPS) is 22.7. The zero-order valence-electron chi connectivity index (χ0n) is 17.0. The van der Waals surface area contributed by atoms with Crippen LogP contribution in [0.5, 0.6) is 5.75 Å². The fourth-order valence-electron chi connectivity index (χ4n) is 4.78. The quantitative estimate of drug-likeness (QED) is 0.640. The Kier molecular flexibility index (Phi) is 4.52. The lowest BCUT2D eigenvalue weighted by molar-refractivity contribution is -0.953. The summed E-state index contributed by atoms with van der Waals surface area (Å²) < 4.78 is 41.6. The summed E-state index contributed by atoms with van der Waals surface area (Å²) >= 11 is 0. The first kappa shape index (κ1) is 19.4. The number of rotatable bonds is 3. The zero-order valence-corrected chi connectivity index (χ0v) is 17.8. The Bertz CT molecular complexity index is 1280. The Hall–Kier alpha value is -2.58. The van der Waals surface area contributed by atoms with Crippen LogP contribution in [0.25, 0.3) is 21.7 Å². The standard InChI is InChI=1S/C22H23NO6S/c1-3-27-22(24)18-13(2)29-21-16-7-5-4-6-15(16)20-17(19(18)21)10-23(12-28-20)14-8-9-30(25,26)11-14/h4-7,14H,3,8-12H2,1-2H3/p+1. The van der Waals surface area contributed by atoms with E-state index < -0.39 is 15.8 Å². The first-order chi connectivity index (χ1) is 14.4. The first-order valence-corrected chi connectivity index (χ1v) is 12.0. The van der Waals surface area contributed by atoms with Crippen molar-refractivity contribution in [3.05, 3.63) is 41.2 Å². The number of sulfone groups is 1. The highest BCUT2D eigenvalue weighted by Gasteiger charge is 2.39. The van der Waals surface area contributed by atoms with Crippen molar-refractivity contribution in [1.29, 1.82) is 0 Å². The molecule has 0 amide bonds. The van der Waals surface area contributed by atoms with Gasteiger partial charge in [-0.05, 0) is 13.8 Å². The van der Waals surface area contributed by atoms with Gasteiger partial charge in [-0.3, -0.25) is 4.90 Å². The molecule has 0 aliphatic carbocycles. The number of nitrogens with one attached hydrogen (secondary N) is 1. The van der Waals surface area contributed by atoms with Crippen LogP contribution in [0, 0.1) is 6.92 Å². The maximum Gasteiger partial charge on any atom is 0.342 e. The van der Waals surface area contributed by atoms with Crippen LogP contribution >= 0.6 is 0 Å². The molecule has 1 fully saturated rings. The summed E-state index contributed by atoms with van der Waals surface area (Å²) in [6, 6.07) is 7.81. The lowest BCUT2D eigenvalue weighted by Crippen LogP contribution is -3.16. The monoisotopic (exact) mass is 430 g/mol. The highest BCUT2D eigenvalue weighted by atomic mass is 32.2. The number of aryl methyl sites for hydroxylation is 1. The summed E-state index contributed by atoms with van der Waals surface area (Å²) in [7, 11) is -2.99. The number of benzene rings is 2. The smallest absolute Gasteiger partial charge is 0.342 e. The van der Waals surface area contributed by atoms with E-state index in [1.54, 1.807) is 13.8 Å². The van der Waals surface area contributed by atoms with Crippen LogP contribution in [-0.4, -0.2) is 45.3 Å². The summed E-state index contributed by atoms with van der Waals surface area (Å²) in [4.78, 5) is 13.8. The number of carbonyl (C=O) groups is 1. The number of quaternary nitrogens is 1. The van der Waals surface area contributed by atoms with E-state index in [1.165, 1.54) is 0 Å². The van der Waals surface area contributed by atoms with Crippen molar-refractivity contribution in [3.8, 4) is 5.75 Å². The molecule has 2 aliphatic rings. The van der Waals surface area contributed by atoms with Gasteiger partial charge >= 0.3 is 5.97 Å². The minimum atomic E-state index is -2.99. The third-order valence-electron chi connectivity index (χ3n) is 6.17. The maximum absolute atomic E-state index is 12.8. The zero-order chi connectivity index (χ0) is 21.0. The molecule has 1 saturated heterocycles. The molecule has 0 saturated carbocycles. The summed E-state index contributed by atoms with van der Waals surface area (Å²) in [5.41, 5.74) is 1.96. The average molecular weight is 431 g/mol. The van der Waals surface area contributed by atoms with E-state index in [1.807, 2.05) is 24.3 Å². The Labute approximate surface area is 174 Å². The molecule has 2 unspecified atom stereocenters. The van der Waals surface area contributed by atoms with E-state index in [4.69, 9.17) is 13.9 Å². The number of carbonyl (C=O) groups excluding carboxylic acids is 1. The molecule has 2 aromatic carbocycles. The van der Waals surface area contributed by atoms with Gasteiger partial charge in [0.1, 0.15) is 41.0 Å². The molecule has 7 nitrogen and oxygen atoms in total. The largest absolute Gasteiger partial charge is 0.462 e. The molecule has 0 radical (unpaired) electrons. The Morgan fingerprint density at radius 2 is 2.03 bits per heavy atom. The van der Waals surface area contributed by atoms with Crippen LogP contribution in [0.3, 0.4) is 0 Å². The van der Waals surface area contributed by atoms with Crippen LogP contribution in [-0.2, 0) is 21.1 Å². The van der Waals surface area contributed by atoms with Crippen molar-refractivity contribution in [3.63, 3.8) is 0 Å². The van der Waals surface area contributed by atoms with Gasteiger partial charge in [0.25, 0.3) is 0 Å². The predicted octanol–water partition coefficient (Wildman–Crippen LogP) is 1.99. The van der Waals surface area contributed by atoms with Gasteiger partial charge in [0.2, 0.25) is 6.73 Å². The lowest BCUT2D eigenvalue weighted by Gasteiger charge is -2.31. The molecule has 0 spiro atoms. The number of ether oxygens (including phenoxy) is 2. The number of fused-ring (bicyclic) bond motifs is 6. The van der Waals surface area contributed by atoms with E-state index in [2.05, 4.69) is 0 Å². The van der Waals surface area contributed by atoms with E-state index in [0.717, 1.165) is 32.4 Å². The lowest BCUT2D eigenvalue weighted by atomic mass is 9.96. The van der Waals surface area contributed by atoms with Gasteiger partial charge in [-0.15, -0.1) is 0 Å². The molecule has 30 heavy (non-hydrogen) atoms. The summed E-state index contributed by atoms with van der Waals surface area (Å²) in [5, 5.41) is 2.54. The molecule has 3 heterocycles. The number of hydrogen-bond donors (Lipinski definition) is 1. The van der Waals surface area contributed by atoms with Gasteiger partial charge in [-0.25, -0.2) is 13.2 Å². The van der Waals surface area contributed by atoms with Crippen LogP contribution < -0.4 is 9.64 Å². The van der Waals surface area contributed by atoms with Crippen LogP contribution in [0.2, 0.25) is 0 Å². The second-order valence-corrected chi connectivity index (χ2v) is 10.3.